The number of benzene rings is 1. The molecule has 0 bridgehead atoms. The summed E-state index contributed by atoms with van der Waals surface area (Å²) in [5, 5.41) is 2.72. The number of carbonyl (C=O) groups is 1. The maximum absolute atomic E-state index is 11.1. The average Bonchev–Trinajstić information content (AvgIpc) is 2.19. The molecule has 0 unspecified atom stereocenters. The number of nitrogens with one attached hydrogen (secondary N) is 1. The molecule has 14 heavy (non-hydrogen) atoms. The van der Waals surface area contributed by atoms with Crippen molar-refractivity contribution in [1.82, 2.24) is 0 Å². The van der Waals surface area contributed by atoms with Crippen molar-refractivity contribution in [3.8, 4) is 5.75 Å². The Balaban J connectivity index is 2.55. The normalized spacial score (nSPS) is 9.57. The first-order valence-electron chi connectivity index (χ1n) is 4.40. The molecule has 0 radical (unpaired) electrons. The number of rotatable bonds is 4. The molecule has 3 N–H and O–H groups in total. The molecule has 76 valence electrons. The number of nitrogens with two attached hydrogens (primary N) is 1. The molecule has 0 aromatic heterocycles. The van der Waals surface area contributed by atoms with Crippen molar-refractivity contribution in [2.24, 2.45) is 5.73 Å². The first kappa shape index (κ1) is 10.5. The summed E-state index contributed by atoms with van der Waals surface area (Å²) in [5.74, 6) is 0.694. The number of hydrogen-bond donors (Lipinski definition) is 2. The van der Waals surface area contributed by atoms with Crippen LogP contribution in [0, 0.1) is 0 Å². The Kier molecular flexibility index (Phi) is 3.94. The van der Waals surface area contributed by atoms with Gasteiger partial charge in [-0.3, -0.25) is 4.79 Å². The van der Waals surface area contributed by atoms with E-state index in [-0.39, 0.29) is 5.91 Å². The van der Waals surface area contributed by atoms with Crippen LogP contribution in [0.1, 0.15) is 6.42 Å². The summed E-state index contributed by atoms with van der Waals surface area (Å²) in [6, 6.07) is 7.15. The van der Waals surface area contributed by atoms with E-state index in [2.05, 4.69) is 5.32 Å². The molecule has 0 saturated heterocycles. The Hall–Kier alpha value is -1.55. The van der Waals surface area contributed by atoms with Crippen LogP contribution in [-0.2, 0) is 4.79 Å². The van der Waals surface area contributed by atoms with Gasteiger partial charge in [-0.05, 0) is 24.3 Å². The van der Waals surface area contributed by atoms with Gasteiger partial charge in [-0.25, -0.2) is 0 Å². The summed E-state index contributed by atoms with van der Waals surface area (Å²) in [5.41, 5.74) is 6.00. The second-order valence-corrected chi connectivity index (χ2v) is 2.82. The highest BCUT2D eigenvalue weighted by atomic mass is 16.5. The number of carbonyl (C=O) groups excluding carboxylic acids is 1. The molecule has 0 spiro atoms. The molecule has 0 aliphatic carbocycles. The van der Waals surface area contributed by atoms with Gasteiger partial charge in [0.15, 0.2) is 0 Å². The lowest BCUT2D eigenvalue weighted by molar-refractivity contribution is -0.116. The predicted octanol–water partition coefficient (Wildman–Crippen LogP) is 0.982. The Bertz CT molecular complexity index is 295. The van der Waals surface area contributed by atoms with Crippen LogP contribution in [0.15, 0.2) is 24.3 Å². The zero-order chi connectivity index (χ0) is 10.4. The summed E-state index contributed by atoms with van der Waals surface area (Å²) in [7, 11) is 1.60. The third-order valence-electron chi connectivity index (χ3n) is 1.75. The van der Waals surface area contributed by atoms with Crippen LogP contribution < -0.4 is 15.8 Å². The van der Waals surface area contributed by atoms with Crippen LogP contribution in [0.25, 0.3) is 0 Å². The molecule has 1 aromatic rings. The maximum atomic E-state index is 11.1. The summed E-state index contributed by atoms with van der Waals surface area (Å²) in [6.07, 6.45) is 0.339. The monoisotopic (exact) mass is 194 g/mol. The van der Waals surface area contributed by atoms with Gasteiger partial charge in [0.25, 0.3) is 0 Å². The van der Waals surface area contributed by atoms with E-state index in [1.165, 1.54) is 0 Å². The minimum Gasteiger partial charge on any atom is -0.497 e. The van der Waals surface area contributed by atoms with E-state index in [0.29, 0.717) is 13.0 Å². The van der Waals surface area contributed by atoms with Gasteiger partial charge in [0.2, 0.25) is 5.91 Å². The minimum absolute atomic E-state index is 0.0716. The second kappa shape index (κ2) is 5.24. The van der Waals surface area contributed by atoms with Gasteiger partial charge in [-0.1, -0.05) is 0 Å². The van der Waals surface area contributed by atoms with E-state index in [1.54, 1.807) is 31.4 Å². The number of anilines is 1. The molecule has 1 aromatic carbocycles. The quantitative estimate of drug-likeness (QED) is 0.751. The van der Waals surface area contributed by atoms with Crippen LogP contribution in [-0.4, -0.2) is 19.6 Å². The zero-order valence-electron chi connectivity index (χ0n) is 8.12. The molecule has 0 aliphatic heterocycles. The van der Waals surface area contributed by atoms with Gasteiger partial charge in [-0.15, -0.1) is 0 Å². The number of ether oxygens (including phenoxy) is 1. The van der Waals surface area contributed by atoms with E-state index in [0.717, 1.165) is 11.4 Å². The average molecular weight is 194 g/mol. The highest BCUT2D eigenvalue weighted by Gasteiger charge is 2.00. The third-order valence-corrected chi connectivity index (χ3v) is 1.75. The standard InChI is InChI=1S/C10H14N2O2/c1-14-9-4-2-8(3-5-9)12-10(13)6-7-11/h2-5H,6-7,11H2,1H3,(H,12,13). The minimum atomic E-state index is -0.0716. The molecule has 0 saturated carbocycles. The van der Waals surface area contributed by atoms with Gasteiger partial charge in [0, 0.05) is 18.7 Å². The Morgan fingerprint density at radius 2 is 2.07 bits per heavy atom. The number of amides is 1. The van der Waals surface area contributed by atoms with Crippen LogP contribution >= 0.6 is 0 Å². The fourth-order valence-electron chi connectivity index (χ4n) is 1.03. The van der Waals surface area contributed by atoms with Gasteiger partial charge < -0.3 is 15.8 Å². The lowest BCUT2D eigenvalue weighted by Gasteiger charge is -2.04. The molecule has 0 aliphatic rings. The van der Waals surface area contributed by atoms with Crippen molar-refractivity contribution < 1.29 is 9.53 Å². The molecule has 0 fully saturated rings. The topological polar surface area (TPSA) is 64.3 Å². The van der Waals surface area contributed by atoms with Crippen molar-refractivity contribution in [1.29, 1.82) is 0 Å². The van der Waals surface area contributed by atoms with E-state index in [1.807, 2.05) is 0 Å². The number of methoxy groups -OCH3 is 1. The second-order valence-electron chi connectivity index (χ2n) is 2.82. The van der Waals surface area contributed by atoms with Crippen LogP contribution in [0.4, 0.5) is 5.69 Å². The van der Waals surface area contributed by atoms with E-state index in [9.17, 15) is 4.79 Å². The van der Waals surface area contributed by atoms with Crippen molar-refractivity contribution in [3.63, 3.8) is 0 Å². The SMILES string of the molecule is COc1ccc(NC(=O)CCN)cc1. The molecular formula is C10H14N2O2. The zero-order valence-corrected chi connectivity index (χ0v) is 8.12. The molecule has 4 heteroatoms. The first-order valence-corrected chi connectivity index (χ1v) is 4.40. The van der Waals surface area contributed by atoms with Crippen molar-refractivity contribution in [2.45, 2.75) is 6.42 Å². The molecule has 1 amide bonds. The number of hydrogen-bond acceptors (Lipinski definition) is 3. The third kappa shape index (κ3) is 3.06. The summed E-state index contributed by atoms with van der Waals surface area (Å²) >= 11 is 0. The van der Waals surface area contributed by atoms with Crippen molar-refractivity contribution in [2.75, 3.05) is 19.0 Å². The summed E-state index contributed by atoms with van der Waals surface area (Å²) in [4.78, 5) is 11.1. The van der Waals surface area contributed by atoms with E-state index < -0.39 is 0 Å². The fraction of sp³-hybridized carbons (Fsp3) is 0.300. The first-order chi connectivity index (χ1) is 6.76. The van der Waals surface area contributed by atoms with Crippen molar-refractivity contribution in [3.05, 3.63) is 24.3 Å². The van der Waals surface area contributed by atoms with Crippen molar-refractivity contribution >= 4 is 11.6 Å². The van der Waals surface area contributed by atoms with Gasteiger partial charge >= 0.3 is 0 Å². The Morgan fingerprint density at radius 3 is 2.57 bits per heavy atom. The predicted molar refractivity (Wildman–Crippen MR) is 55.3 cm³/mol. The van der Waals surface area contributed by atoms with Gasteiger partial charge in [-0.2, -0.15) is 0 Å². The fourth-order valence-corrected chi connectivity index (χ4v) is 1.03. The Morgan fingerprint density at radius 1 is 1.43 bits per heavy atom. The molecular weight excluding hydrogens is 180 g/mol. The molecule has 0 atom stereocenters. The smallest absolute Gasteiger partial charge is 0.225 e. The summed E-state index contributed by atoms with van der Waals surface area (Å²) in [6.45, 7) is 0.363. The van der Waals surface area contributed by atoms with Crippen LogP contribution in [0.2, 0.25) is 0 Å². The van der Waals surface area contributed by atoms with E-state index >= 15 is 0 Å². The lowest BCUT2D eigenvalue weighted by Crippen LogP contribution is -2.15. The van der Waals surface area contributed by atoms with Crippen LogP contribution in [0.3, 0.4) is 0 Å². The Labute approximate surface area is 83.1 Å². The lowest BCUT2D eigenvalue weighted by atomic mass is 10.3. The van der Waals surface area contributed by atoms with Gasteiger partial charge in [0.05, 0.1) is 7.11 Å². The molecule has 1 rings (SSSR count). The highest BCUT2D eigenvalue weighted by molar-refractivity contribution is 5.90. The molecule has 4 nitrogen and oxygen atoms in total. The van der Waals surface area contributed by atoms with Gasteiger partial charge in [0.1, 0.15) is 5.75 Å². The highest BCUT2D eigenvalue weighted by Crippen LogP contribution is 2.14. The summed E-state index contributed by atoms with van der Waals surface area (Å²) < 4.78 is 4.99. The largest absolute Gasteiger partial charge is 0.497 e. The molecule has 0 heterocycles. The van der Waals surface area contributed by atoms with Crippen LogP contribution in [0.5, 0.6) is 5.75 Å². The maximum Gasteiger partial charge on any atom is 0.225 e. The van der Waals surface area contributed by atoms with E-state index in [4.69, 9.17) is 10.5 Å².